The highest BCUT2D eigenvalue weighted by Gasteiger charge is 2.33. The molecule has 0 saturated carbocycles. The molecule has 1 heterocycles. The predicted molar refractivity (Wildman–Crippen MR) is 177 cm³/mol. The molecule has 1 unspecified atom stereocenters. The Morgan fingerprint density at radius 3 is 1.65 bits per heavy atom. The van der Waals surface area contributed by atoms with Crippen molar-refractivity contribution in [2.24, 2.45) is 30.7 Å². The van der Waals surface area contributed by atoms with Crippen LogP contribution in [0.2, 0.25) is 0 Å². The fourth-order valence-electron chi connectivity index (χ4n) is 4.65. The smallest absolute Gasteiger partial charge is 0.382 e. The molecular weight excluding hydrogens is 609 g/mol. The molecule has 0 fully saturated rings. The molecule has 5 aromatic carbocycles. The summed E-state index contributed by atoms with van der Waals surface area (Å²) in [5.41, 5.74) is 3.24. The van der Waals surface area contributed by atoms with Crippen molar-refractivity contribution in [1.29, 1.82) is 0 Å². The highest BCUT2D eigenvalue weighted by Crippen LogP contribution is 2.38. The van der Waals surface area contributed by atoms with Crippen molar-refractivity contribution >= 4 is 72.1 Å². The van der Waals surface area contributed by atoms with Gasteiger partial charge in [0.15, 0.2) is 5.69 Å². The monoisotopic (exact) mass is 636 g/mol. The molecule has 0 saturated heterocycles. The number of benzene rings is 5. The molecule has 0 bridgehead atoms. The van der Waals surface area contributed by atoms with Gasteiger partial charge in [-0.2, -0.15) is 18.3 Å². The number of fused-ring (bicyclic) bond motifs is 2. The van der Waals surface area contributed by atoms with E-state index in [0.717, 1.165) is 56.1 Å². The summed E-state index contributed by atoms with van der Waals surface area (Å²) in [6.45, 7) is 4.32. The number of hydrogen-bond donors (Lipinski definition) is 1. The molecule has 46 heavy (non-hydrogen) atoms. The van der Waals surface area contributed by atoms with Crippen LogP contribution in [-0.4, -0.2) is 11.0 Å². The van der Waals surface area contributed by atoms with E-state index in [1.54, 1.807) is 24.3 Å². The first-order chi connectivity index (χ1) is 22.3. The van der Waals surface area contributed by atoms with E-state index in [9.17, 15) is 13.2 Å². The lowest BCUT2D eigenvalue weighted by Crippen LogP contribution is -2.13. The quantitative estimate of drug-likeness (QED) is 0.160. The number of nitrogens with zero attached hydrogens (tertiary/aromatic N) is 7. The van der Waals surface area contributed by atoms with Crippen molar-refractivity contribution < 1.29 is 13.2 Å². The van der Waals surface area contributed by atoms with Gasteiger partial charge in [-0.15, -0.1) is 36.9 Å². The van der Waals surface area contributed by atoms with Crippen LogP contribution in [0, 0.1) is 0 Å². The first-order valence-electron chi connectivity index (χ1n) is 14.5. The zero-order valence-corrected chi connectivity index (χ0v) is 25.6. The average Bonchev–Trinajstić information content (AvgIpc) is 3.57. The summed E-state index contributed by atoms with van der Waals surface area (Å²) in [4.78, 5) is 3.45. The van der Waals surface area contributed by atoms with Gasteiger partial charge in [0.2, 0.25) is 5.13 Å². The summed E-state index contributed by atoms with van der Waals surface area (Å²) >= 11 is 0.771. The molecule has 6 rings (SSSR count). The second kappa shape index (κ2) is 13.3. The minimum Gasteiger partial charge on any atom is -0.382 e. The molecule has 6 aromatic rings. The number of alkyl halides is 3. The van der Waals surface area contributed by atoms with Crippen LogP contribution in [0.25, 0.3) is 21.5 Å². The molecule has 0 aliphatic carbocycles. The molecular formula is C34H27F3N8S. The third-order valence-corrected chi connectivity index (χ3v) is 7.94. The lowest BCUT2D eigenvalue weighted by Gasteiger charge is -2.15. The van der Waals surface area contributed by atoms with Crippen molar-refractivity contribution in [3.8, 4) is 0 Å². The normalized spacial score (nSPS) is 13.1. The summed E-state index contributed by atoms with van der Waals surface area (Å²) in [5.74, 6) is 0. The van der Waals surface area contributed by atoms with Crippen LogP contribution in [0.1, 0.15) is 26.0 Å². The number of thiazole rings is 1. The predicted octanol–water partition coefficient (Wildman–Crippen LogP) is 12.9. The van der Waals surface area contributed by atoms with Crippen LogP contribution < -0.4 is 5.32 Å². The number of halogens is 3. The summed E-state index contributed by atoms with van der Waals surface area (Å²) < 4.78 is 38.2. The molecule has 0 aliphatic heterocycles. The van der Waals surface area contributed by atoms with E-state index < -0.39 is 11.9 Å². The van der Waals surface area contributed by atoms with Crippen LogP contribution in [-0.2, 0) is 6.18 Å². The SMILES string of the molecule is CCC(C)Nc1ccc(N=Nc2ccc(N=Nc3ccc(N=Nc4nc(C(F)(F)F)cs4)cc3)c3ccccc23)c2ccccc12. The Morgan fingerprint density at radius 2 is 1.13 bits per heavy atom. The summed E-state index contributed by atoms with van der Waals surface area (Å²) in [7, 11) is 0. The molecule has 12 heteroatoms. The van der Waals surface area contributed by atoms with Crippen molar-refractivity contribution in [3.63, 3.8) is 0 Å². The Balaban J connectivity index is 1.21. The van der Waals surface area contributed by atoms with E-state index in [4.69, 9.17) is 0 Å². The second-order valence-corrected chi connectivity index (χ2v) is 11.2. The van der Waals surface area contributed by atoms with Crippen LogP contribution >= 0.6 is 11.3 Å². The highest BCUT2D eigenvalue weighted by molar-refractivity contribution is 7.13. The Labute approximate surface area is 266 Å². The lowest BCUT2D eigenvalue weighted by molar-refractivity contribution is -0.140. The van der Waals surface area contributed by atoms with E-state index in [1.165, 1.54) is 0 Å². The Kier molecular flexibility index (Phi) is 8.88. The zero-order valence-electron chi connectivity index (χ0n) is 24.8. The second-order valence-electron chi connectivity index (χ2n) is 10.4. The van der Waals surface area contributed by atoms with E-state index >= 15 is 0 Å². The first kappa shape index (κ1) is 30.7. The number of aromatic nitrogens is 1. The van der Waals surface area contributed by atoms with Crippen LogP contribution in [0.3, 0.4) is 0 Å². The number of rotatable bonds is 9. The maximum absolute atomic E-state index is 12.7. The van der Waals surface area contributed by atoms with Gasteiger partial charge in [0.05, 0.1) is 28.4 Å². The van der Waals surface area contributed by atoms with E-state index in [-0.39, 0.29) is 5.13 Å². The number of anilines is 1. The molecule has 0 aliphatic rings. The fourth-order valence-corrected chi connectivity index (χ4v) is 5.29. The molecule has 0 amide bonds. The van der Waals surface area contributed by atoms with E-state index in [2.05, 4.69) is 67.0 Å². The van der Waals surface area contributed by atoms with Gasteiger partial charge in [-0.05, 0) is 61.9 Å². The first-order valence-corrected chi connectivity index (χ1v) is 15.3. The fraction of sp³-hybridized carbons (Fsp3) is 0.147. The van der Waals surface area contributed by atoms with Crippen LogP contribution in [0.5, 0.6) is 0 Å². The molecule has 1 aromatic heterocycles. The summed E-state index contributed by atoms with van der Waals surface area (Å²) in [6.07, 6.45) is -3.49. The minimum absolute atomic E-state index is 0.0772. The van der Waals surface area contributed by atoms with Gasteiger partial charge >= 0.3 is 6.18 Å². The van der Waals surface area contributed by atoms with Crippen molar-refractivity contribution in [2.75, 3.05) is 5.32 Å². The largest absolute Gasteiger partial charge is 0.434 e. The van der Waals surface area contributed by atoms with Gasteiger partial charge < -0.3 is 5.32 Å². The zero-order chi connectivity index (χ0) is 32.1. The third kappa shape index (κ3) is 6.97. The van der Waals surface area contributed by atoms with Gasteiger partial charge in [0, 0.05) is 38.7 Å². The molecule has 8 nitrogen and oxygen atoms in total. The van der Waals surface area contributed by atoms with Gasteiger partial charge in [0.1, 0.15) is 0 Å². The van der Waals surface area contributed by atoms with E-state index in [1.807, 2.05) is 60.7 Å². The van der Waals surface area contributed by atoms with Gasteiger partial charge in [0.25, 0.3) is 0 Å². The van der Waals surface area contributed by atoms with Crippen LogP contribution in [0.4, 0.5) is 52.4 Å². The van der Waals surface area contributed by atoms with Gasteiger partial charge in [-0.3, -0.25) is 0 Å². The van der Waals surface area contributed by atoms with Crippen molar-refractivity contribution in [3.05, 3.63) is 108 Å². The maximum atomic E-state index is 12.7. The Morgan fingerprint density at radius 1 is 0.652 bits per heavy atom. The molecule has 1 N–H and O–H groups in total. The average molecular weight is 637 g/mol. The summed E-state index contributed by atoms with van der Waals surface area (Å²) in [6, 6.07) is 30.7. The standard InChI is InChI=1S/C34H27F3N8S/c1-3-21(2)38-28-16-17-30(25-9-5-4-8-24(25)28)43-44-31-19-18-29(26-10-6-7-11-27(26)31)42-40-22-12-14-23(15-13-22)41-45-33-39-32(20-46-33)34(35,36)37/h4-21,38H,3H2,1-2H3. The van der Waals surface area contributed by atoms with Crippen molar-refractivity contribution in [2.45, 2.75) is 32.5 Å². The van der Waals surface area contributed by atoms with Gasteiger partial charge in [-0.1, -0.05) is 55.5 Å². The van der Waals surface area contributed by atoms with E-state index in [0.29, 0.717) is 28.8 Å². The number of hydrogen-bond acceptors (Lipinski definition) is 9. The highest BCUT2D eigenvalue weighted by atomic mass is 32.1. The lowest BCUT2D eigenvalue weighted by atomic mass is 10.1. The molecule has 0 radical (unpaired) electrons. The molecule has 230 valence electrons. The van der Waals surface area contributed by atoms with Crippen LogP contribution in [0.15, 0.2) is 133 Å². The minimum atomic E-state index is -4.51. The number of nitrogens with one attached hydrogen (secondary N) is 1. The molecule has 1 atom stereocenters. The number of azo groups is 3. The van der Waals surface area contributed by atoms with Gasteiger partial charge in [-0.25, -0.2) is 4.98 Å². The maximum Gasteiger partial charge on any atom is 0.434 e. The Hall–Kier alpha value is -5.36. The third-order valence-electron chi connectivity index (χ3n) is 7.22. The molecule has 0 spiro atoms. The summed E-state index contributed by atoms with van der Waals surface area (Å²) in [5, 5.41) is 34.2. The van der Waals surface area contributed by atoms with Crippen molar-refractivity contribution in [1.82, 2.24) is 4.98 Å². The topological polar surface area (TPSA) is 99.1 Å². The Bertz CT molecular complexity index is 2090.